The first kappa shape index (κ1) is 124. The molecule has 123 heavy (non-hydrogen) atoms. The first-order valence-electron chi connectivity index (χ1n) is 33.2. The average Bonchev–Trinajstić information content (AvgIpc) is 0.900. The quantitative estimate of drug-likeness (QED) is 0.0177. The smallest absolute Gasteiger partial charge is 0.396 e. The third-order valence-corrected chi connectivity index (χ3v) is 25.8. The van der Waals surface area contributed by atoms with E-state index in [9.17, 15) is 154 Å². The molecule has 19 unspecified atom stereocenters. The standard InChI is InChI=1S/C40H96F6N6O57P14/c41-47-17-35(23-53)24-100-114(63,64)89-9-10-92-117(69,70)103-29-38(20-50-44)30-105-119(73,74)94-13-14-96-121(77,78)107-33-40(22-52-46)34-109-123(81,82)98-16-15-97-122(79,80)108-32-39(21-51-45)31-106-120(75,76)95-12-11-93-118(71,72)104-28-37(19-49-43)27-102-116(67,68)91-8-6-88-113(61,62)86-4-2-84-111(57,58)83-1-3-85-112(59,60)87-5-7-90-115(65,66)101-26-36(18-48-42)25-99-110(54,55)56/h35-40,47-53H,1-34H2,(H,57,58)(H,59,60)(H,61,62)(H,63,64)(H,65,66)(H,67,68)(H,69,70)(H,71,72)(H,73,74)(H,75,76)(H,77,78)(H,79,80)(H,81,82)(H2,54,55,56). The van der Waals surface area contributed by atoms with E-state index in [-0.39, 0.29) is 0 Å². The molecule has 0 fully saturated rings. The number of nitrogens with one attached hydrogen (secondary N) is 6. The summed E-state index contributed by atoms with van der Waals surface area (Å²) in [5.74, 6) is -7.87. The molecule has 0 spiro atoms. The van der Waals surface area contributed by atoms with E-state index >= 15 is 0 Å². The van der Waals surface area contributed by atoms with Crippen molar-refractivity contribution in [3.05, 3.63) is 0 Å². The van der Waals surface area contributed by atoms with E-state index in [1.807, 2.05) is 0 Å². The SMILES string of the molecule is O=P(O)(O)OCC(CNF)COP(=O)(O)OCCOP(=O)(O)OCCOP(=O)(O)OCCOP(=O)(O)OCCOP(=O)(O)OCC(CNF)COP(=O)(O)OCCOP(=O)(O)OCC(CNF)COP(=O)(O)OCCOP(=O)(O)OCC(CNF)COP(=O)(O)OCCOP(=O)(O)OCC(CNF)COP(=O)(O)OCCOP(=O)(O)OCC(CO)CNF. The third-order valence-electron chi connectivity index (χ3n) is 12.4. The molecule has 0 aliphatic heterocycles. The van der Waals surface area contributed by atoms with Crippen molar-refractivity contribution in [3.8, 4) is 0 Å². The lowest BCUT2D eigenvalue weighted by molar-refractivity contribution is 0.0599. The number of rotatable bonds is 86. The number of aliphatic hydroxyl groups is 1. The fourth-order valence-corrected chi connectivity index (χ4v) is 17.0. The molecule has 0 bridgehead atoms. The van der Waals surface area contributed by atoms with Crippen LogP contribution < -0.4 is 33.2 Å². The molecule has 19 atom stereocenters. The summed E-state index contributed by atoms with van der Waals surface area (Å²) < 4.78 is 370. The van der Waals surface area contributed by atoms with Gasteiger partial charge in [-0.05, 0) is 0 Å². The Labute approximate surface area is 691 Å². The molecule has 0 aromatic heterocycles. The van der Waals surface area contributed by atoms with Gasteiger partial charge in [-0.15, -0.1) is 26.9 Å². The van der Waals surface area contributed by atoms with Crippen molar-refractivity contribution < 1.29 is 291 Å². The van der Waals surface area contributed by atoms with Gasteiger partial charge in [0.2, 0.25) is 0 Å². The number of halogens is 6. The highest BCUT2D eigenvalue weighted by Crippen LogP contribution is 2.54. The molecule has 0 radical (unpaired) electrons. The highest BCUT2D eigenvalue weighted by Gasteiger charge is 2.37. The van der Waals surface area contributed by atoms with Gasteiger partial charge in [0.1, 0.15) is 0 Å². The fraction of sp³-hybridized carbons (Fsp3) is 1.00. The topological polar surface area (TPSA) is 884 Å². The summed E-state index contributed by atoms with van der Waals surface area (Å²) in [5.41, 5.74) is 6.80. The first-order valence-corrected chi connectivity index (χ1v) is 54.2. The Morgan fingerprint density at radius 1 is 0.171 bits per heavy atom. The van der Waals surface area contributed by atoms with Gasteiger partial charge in [0.15, 0.2) is 0 Å². The Balaban J connectivity index is 4.79. The number of hydrogen-bond donors (Lipinski definition) is 22. The highest BCUT2D eigenvalue weighted by atomic mass is 31.2. The molecule has 0 aliphatic carbocycles. The van der Waals surface area contributed by atoms with Gasteiger partial charge in [-0.3, -0.25) is 122 Å². The van der Waals surface area contributed by atoms with Crippen molar-refractivity contribution in [1.82, 2.24) is 33.2 Å². The number of hydrogen-bond acceptors (Lipinski definition) is 48. The Hall–Kier alpha value is 0.840. The zero-order chi connectivity index (χ0) is 93.8. The molecule has 0 aromatic carbocycles. The largest absolute Gasteiger partial charge is 0.472 e. The predicted molar refractivity (Wildman–Crippen MR) is 383 cm³/mol. The van der Waals surface area contributed by atoms with Crippen LogP contribution in [0, 0.1) is 35.5 Å². The summed E-state index contributed by atoms with van der Waals surface area (Å²) in [6.07, 6.45) is 0. The van der Waals surface area contributed by atoms with Gasteiger partial charge in [0.05, 0.1) is 178 Å². The second kappa shape index (κ2) is 63.2. The zero-order valence-electron chi connectivity index (χ0n) is 62.9. The van der Waals surface area contributed by atoms with Crippen molar-refractivity contribution >= 4 is 110 Å². The van der Waals surface area contributed by atoms with Gasteiger partial charge in [0.25, 0.3) is 0 Å². The van der Waals surface area contributed by atoms with E-state index in [0.29, 0.717) is 0 Å². The van der Waals surface area contributed by atoms with Crippen LogP contribution in [0.5, 0.6) is 0 Å². The number of aliphatic hydroxyl groups excluding tert-OH is 1. The molecular formula is C40H96F6N6O57P14. The Morgan fingerprint density at radius 3 is 0.374 bits per heavy atom. The lowest BCUT2D eigenvalue weighted by Gasteiger charge is -2.21. The maximum Gasteiger partial charge on any atom is 0.472 e. The van der Waals surface area contributed by atoms with Crippen LogP contribution in [0.15, 0.2) is 0 Å². The number of phosphoric ester groups is 14. The van der Waals surface area contributed by atoms with Crippen LogP contribution in [0.25, 0.3) is 0 Å². The summed E-state index contributed by atoms with van der Waals surface area (Å²) in [5, 5.41) is 9.07. The predicted octanol–water partition coefficient (Wildman–Crippen LogP) is 1.37. The lowest BCUT2D eigenvalue weighted by Crippen LogP contribution is -2.25. The van der Waals surface area contributed by atoms with E-state index in [2.05, 4.69) is 122 Å². The summed E-state index contributed by atoms with van der Waals surface area (Å²) >= 11 is 0. The minimum atomic E-state index is -5.22. The van der Waals surface area contributed by atoms with Crippen molar-refractivity contribution in [2.24, 2.45) is 35.5 Å². The molecule has 0 heterocycles. The van der Waals surface area contributed by atoms with Crippen molar-refractivity contribution in [1.29, 1.82) is 0 Å². The Morgan fingerprint density at radius 2 is 0.268 bits per heavy atom. The van der Waals surface area contributed by atoms with Crippen molar-refractivity contribution in [3.63, 3.8) is 0 Å². The second-order valence-corrected chi connectivity index (χ2v) is 42.7. The second-order valence-electron chi connectivity index (χ2n) is 22.6. The van der Waals surface area contributed by atoms with Crippen LogP contribution in [0.2, 0.25) is 0 Å². The van der Waals surface area contributed by atoms with Crippen LogP contribution in [-0.4, -0.2) is 303 Å². The van der Waals surface area contributed by atoms with E-state index in [0.717, 1.165) is 27.7 Å². The van der Waals surface area contributed by atoms with E-state index in [1.165, 1.54) is 5.54 Å². The van der Waals surface area contributed by atoms with Gasteiger partial charge in [-0.25, -0.2) is 63.9 Å². The molecule has 0 saturated carbocycles. The van der Waals surface area contributed by atoms with E-state index in [4.69, 9.17) is 14.9 Å². The third kappa shape index (κ3) is 71.1. The van der Waals surface area contributed by atoms with Crippen molar-refractivity contribution in [2.45, 2.75) is 0 Å². The Kier molecular flexibility index (Phi) is 63.6. The van der Waals surface area contributed by atoms with Crippen LogP contribution in [-0.2, 0) is 186 Å². The first-order chi connectivity index (χ1) is 56.8. The Bertz CT molecular complexity index is 3650. The zero-order valence-corrected chi connectivity index (χ0v) is 75.5. The molecule has 0 rings (SSSR count). The molecule has 0 amide bonds. The maximum atomic E-state index is 13.1. The molecule has 83 heteroatoms. The molecule has 22 N–H and O–H groups in total. The fourth-order valence-electron chi connectivity index (χ4n) is 6.79. The summed E-state index contributed by atoms with van der Waals surface area (Å²) in [6.45, 7) is -31.1. The molecular weight excluding hydrogens is 2020 g/mol. The normalized spacial score (nSPS) is 20.5. The van der Waals surface area contributed by atoms with Gasteiger partial charge in [-0.1, -0.05) is 0 Å². The van der Waals surface area contributed by atoms with Crippen LogP contribution in [0.4, 0.5) is 26.9 Å². The molecule has 63 nitrogen and oxygen atoms in total. The van der Waals surface area contributed by atoms with Crippen LogP contribution >= 0.6 is 110 Å². The average molecular weight is 2120 g/mol. The molecule has 0 aromatic rings. The van der Waals surface area contributed by atoms with Crippen molar-refractivity contribution in [2.75, 3.05) is 224 Å². The summed E-state index contributed by atoms with van der Waals surface area (Å²) in [6, 6.07) is 0. The van der Waals surface area contributed by atoms with E-state index in [1.54, 1.807) is 0 Å². The minimum Gasteiger partial charge on any atom is -0.396 e. The van der Waals surface area contributed by atoms with Gasteiger partial charge in [-0.2, -0.15) is 33.2 Å². The summed E-state index contributed by atoms with van der Waals surface area (Å²) in [7, 11) is -71.4. The molecule has 0 aliphatic rings. The lowest BCUT2D eigenvalue weighted by atomic mass is 10.2. The van der Waals surface area contributed by atoms with E-state index < -0.39 is 369 Å². The van der Waals surface area contributed by atoms with Crippen LogP contribution in [0.3, 0.4) is 0 Å². The highest BCUT2D eigenvalue weighted by molar-refractivity contribution is 7.50. The number of phosphoric acid groups is 14. The van der Waals surface area contributed by atoms with Gasteiger partial charge < -0.3 is 78.5 Å². The molecule has 0 saturated heterocycles. The summed E-state index contributed by atoms with van der Waals surface area (Å²) in [4.78, 5) is 146. The molecule has 740 valence electrons. The van der Waals surface area contributed by atoms with Crippen LogP contribution in [0.1, 0.15) is 0 Å². The minimum absolute atomic E-state index is 0.451. The monoisotopic (exact) mass is 2120 g/mol. The van der Waals surface area contributed by atoms with Gasteiger partial charge in [0, 0.05) is 81.4 Å². The van der Waals surface area contributed by atoms with Gasteiger partial charge >= 0.3 is 110 Å². The maximum absolute atomic E-state index is 13.1.